The van der Waals surface area contributed by atoms with Crippen molar-refractivity contribution in [3.63, 3.8) is 0 Å². The Balaban J connectivity index is 1.34. The molecular formula is C34H48O7. The number of carbonyl (C=O) groups is 2. The summed E-state index contributed by atoms with van der Waals surface area (Å²) in [6.45, 7) is 2.26. The van der Waals surface area contributed by atoms with Crippen molar-refractivity contribution in [1.29, 1.82) is 0 Å². The number of fused-ring (bicyclic) bond motifs is 1. The van der Waals surface area contributed by atoms with Crippen molar-refractivity contribution >= 4 is 11.8 Å². The molecule has 1 aliphatic heterocycles. The zero-order valence-corrected chi connectivity index (χ0v) is 24.9. The van der Waals surface area contributed by atoms with Crippen LogP contribution in [0.3, 0.4) is 0 Å². The van der Waals surface area contributed by atoms with E-state index in [1.54, 1.807) is 12.1 Å². The first kappa shape index (κ1) is 32.3. The maximum Gasteiger partial charge on any atom is 0.311 e. The van der Waals surface area contributed by atoms with Crippen LogP contribution < -0.4 is 14.2 Å². The van der Waals surface area contributed by atoms with E-state index in [0.29, 0.717) is 17.7 Å². The fraction of sp³-hybridized carbons (Fsp3) is 0.588. The Hall–Kier alpha value is -3.22. The lowest BCUT2D eigenvalue weighted by Gasteiger charge is -2.26. The SMILES string of the molecule is CCCCCCCCCCCCCCCCCC(=O)Oc1cc(O)c2c(c1)OC(c1ccc(OC)c(O)c1)CC2=O. The van der Waals surface area contributed by atoms with Gasteiger partial charge in [-0.25, -0.2) is 0 Å². The number of Topliss-reactive ketones (excluding diaryl/α,β-unsaturated/α-hetero) is 1. The Labute approximate surface area is 245 Å². The number of ketones is 1. The summed E-state index contributed by atoms with van der Waals surface area (Å²) in [6, 6.07) is 7.55. The lowest BCUT2D eigenvalue weighted by molar-refractivity contribution is -0.134. The molecule has 1 aliphatic rings. The zero-order chi connectivity index (χ0) is 29.5. The van der Waals surface area contributed by atoms with E-state index in [1.165, 1.54) is 102 Å². The molecular weight excluding hydrogens is 520 g/mol. The molecule has 0 spiro atoms. The number of phenols is 2. The summed E-state index contributed by atoms with van der Waals surface area (Å²) in [4.78, 5) is 25.2. The minimum absolute atomic E-state index is 0.00462. The predicted octanol–water partition coefficient (Wildman–Crippen LogP) is 8.98. The number of hydrogen-bond acceptors (Lipinski definition) is 7. The highest BCUT2D eigenvalue weighted by molar-refractivity contribution is 6.02. The number of phenolic OH excluding ortho intramolecular Hbond substituents is 2. The third kappa shape index (κ3) is 10.6. The van der Waals surface area contributed by atoms with Crippen molar-refractivity contribution in [2.24, 2.45) is 0 Å². The van der Waals surface area contributed by atoms with Gasteiger partial charge in [0.15, 0.2) is 17.3 Å². The van der Waals surface area contributed by atoms with E-state index in [1.807, 2.05) is 0 Å². The van der Waals surface area contributed by atoms with E-state index in [9.17, 15) is 19.8 Å². The van der Waals surface area contributed by atoms with Crippen LogP contribution in [0.5, 0.6) is 28.7 Å². The molecule has 0 amide bonds. The third-order valence-corrected chi connectivity index (χ3v) is 7.76. The number of hydrogen-bond donors (Lipinski definition) is 2. The highest BCUT2D eigenvalue weighted by Crippen LogP contribution is 2.43. The van der Waals surface area contributed by atoms with E-state index < -0.39 is 6.10 Å². The second kappa shape index (κ2) is 17.6. The highest BCUT2D eigenvalue weighted by atomic mass is 16.5. The number of rotatable bonds is 19. The van der Waals surface area contributed by atoms with Gasteiger partial charge in [-0.05, 0) is 24.1 Å². The Kier molecular flexibility index (Phi) is 13.8. The molecule has 0 bridgehead atoms. The van der Waals surface area contributed by atoms with E-state index in [0.717, 1.165) is 19.3 Å². The molecule has 0 fully saturated rings. The zero-order valence-electron chi connectivity index (χ0n) is 24.9. The van der Waals surface area contributed by atoms with Gasteiger partial charge in [0.25, 0.3) is 0 Å². The number of esters is 1. The van der Waals surface area contributed by atoms with E-state index in [4.69, 9.17) is 14.2 Å². The second-order valence-electron chi connectivity index (χ2n) is 11.2. The maximum absolute atomic E-state index is 12.8. The topological polar surface area (TPSA) is 102 Å². The summed E-state index contributed by atoms with van der Waals surface area (Å²) in [7, 11) is 1.46. The van der Waals surface area contributed by atoms with Crippen LogP contribution in [0, 0.1) is 0 Å². The van der Waals surface area contributed by atoms with Crippen LogP contribution in [0.2, 0.25) is 0 Å². The largest absolute Gasteiger partial charge is 0.507 e. The van der Waals surface area contributed by atoms with Gasteiger partial charge in [0.05, 0.1) is 13.5 Å². The number of carbonyl (C=O) groups excluding carboxylic acids is 2. The average Bonchev–Trinajstić information content (AvgIpc) is 2.94. The molecule has 3 rings (SSSR count). The van der Waals surface area contributed by atoms with Gasteiger partial charge >= 0.3 is 5.97 Å². The Bertz CT molecular complexity index is 1110. The van der Waals surface area contributed by atoms with Gasteiger partial charge in [-0.3, -0.25) is 9.59 Å². The number of aromatic hydroxyl groups is 2. The minimum atomic E-state index is -0.655. The molecule has 2 aromatic carbocycles. The fourth-order valence-electron chi connectivity index (χ4n) is 5.39. The van der Waals surface area contributed by atoms with E-state index in [2.05, 4.69) is 6.92 Å². The molecule has 1 heterocycles. The van der Waals surface area contributed by atoms with Gasteiger partial charge in [0.2, 0.25) is 0 Å². The van der Waals surface area contributed by atoms with Gasteiger partial charge in [-0.1, -0.05) is 103 Å². The molecule has 1 unspecified atom stereocenters. The normalized spacial score (nSPS) is 14.4. The Morgan fingerprint density at radius 2 is 1.41 bits per heavy atom. The first-order valence-electron chi connectivity index (χ1n) is 15.6. The summed E-state index contributed by atoms with van der Waals surface area (Å²) in [5, 5.41) is 20.6. The van der Waals surface area contributed by atoms with Crippen LogP contribution in [0.4, 0.5) is 0 Å². The van der Waals surface area contributed by atoms with Crippen molar-refractivity contribution in [2.45, 2.75) is 122 Å². The molecule has 2 N–H and O–H groups in total. The van der Waals surface area contributed by atoms with Crippen molar-refractivity contribution < 1.29 is 34.0 Å². The number of methoxy groups -OCH3 is 1. The summed E-state index contributed by atoms with van der Waals surface area (Å²) in [6.07, 6.45) is 18.5. The lowest BCUT2D eigenvalue weighted by atomic mass is 9.95. The maximum atomic E-state index is 12.8. The molecule has 0 saturated heterocycles. The monoisotopic (exact) mass is 568 g/mol. The van der Waals surface area contributed by atoms with Crippen LogP contribution in [0.15, 0.2) is 30.3 Å². The fourth-order valence-corrected chi connectivity index (χ4v) is 5.39. The van der Waals surface area contributed by atoms with Crippen molar-refractivity contribution in [2.75, 3.05) is 7.11 Å². The summed E-state index contributed by atoms with van der Waals surface area (Å²) >= 11 is 0. The quantitative estimate of drug-likeness (QED) is 0.0990. The van der Waals surface area contributed by atoms with Gasteiger partial charge in [-0.2, -0.15) is 0 Å². The van der Waals surface area contributed by atoms with E-state index in [-0.39, 0.29) is 46.7 Å². The van der Waals surface area contributed by atoms with Gasteiger partial charge in [-0.15, -0.1) is 0 Å². The highest BCUT2D eigenvalue weighted by Gasteiger charge is 2.31. The number of benzene rings is 2. The van der Waals surface area contributed by atoms with Gasteiger partial charge in [0, 0.05) is 18.6 Å². The third-order valence-electron chi connectivity index (χ3n) is 7.76. The first-order chi connectivity index (χ1) is 19.9. The lowest BCUT2D eigenvalue weighted by Crippen LogP contribution is -2.20. The summed E-state index contributed by atoms with van der Waals surface area (Å²) in [5.41, 5.74) is 0.665. The molecule has 0 aromatic heterocycles. The van der Waals surface area contributed by atoms with Gasteiger partial charge < -0.3 is 24.4 Å². The molecule has 7 heteroatoms. The van der Waals surface area contributed by atoms with Gasteiger partial charge in [0.1, 0.15) is 28.9 Å². The van der Waals surface area contributed by atoms with Crippen LogP contribution in [0.25, 0.3) is 0 Å². The van der Waals surface area contributed by atoms with Crippen LogP contribution in [-0.2, 0) is 4.79 Å². The Morgan fingerprint density at radius 1 is 0.829 bits per heavy atom. The molecule has 1 atom stereocenters. The molecule has 226 valence electrons. The smallest absolute Gasteiger partial charge is 0.311 e. The first-order valence-corrected chi connectivity index (χ1v) is 15.6. The van der Waals surface area contributed by atoms with Crippen molar-refractivity contribution in [3.05, 3.63) is 41.5 Å². The standard InChI is InChI=1S/C34H48O7/c1-3-4-5-6-7-8-9-10-11-12-13-14-15-16-17-18-33(38)40-26-22-28(36)34-29(37)24-31(41-32(34)23-26)25-19-20-30(39-2)27(35)21-25/h19-23,31,35-36H,3-18,24H2,1-2H3. The molecule has 0 radical (unpaired) electrons. The molecule has 2 aromatic rings. The molecule has 7 nitrogen and oxygen atoms in total. The number of unbranched alkanes of at least 4 members (excludes halogenated alkanes) is 14. The Morgan fingerprint density at radius 3 is 1.98 bits per heavy atom. The van der Waals surface area contributed by atoms with Crippen LogP contribution >= 0.6 is 0 Å². The number of ether oxygens (including phenoxy) is 3. The van der Waals surface area contributed by atoms with Crippen LogP contribution in [0.1, 0.15) is 138 Å². The van der Waals surface area contributed by atoms with Crippen molar-refractivity contribution in [3.8, 4) is 28.7 Å². The molecule has 41 heavy (non-hydrogen) atoms. The molecule has 0 aliphatic carbocycles. The summed E-state index contributed by atoms with van der Waals surface area (Å²) < 4.78 is 16.5. The minimum Gasteiger partial charge on any atom is -0.507 e. The second-order valence-corrected chi connectivity index (χ2v) is 11.2. The van der Waals surface area contributed by atoms with E-state index >= 15 is 0 Å². The van der Waals surface area contributed by atoms with Crippen molar-refractivity contribution in [1.82, 2.24) is 0 Å². The molecule has 0 saturated carbocycles. The summed E-state index contributed by atoms with van der Waals surface area (Å²) in [5.74, 6) is -0.404. The van der Waals surface area contributed by atoms with Crippen LogP contribution in [-0.4, -0.2) is 29.1 Å². The average molecular weight is 569 g/mol. The predicted molar refractivity (Wildman–Crippen MR) is 160 cm³/mol.